The Hall–Kier alpha value is -0.900. The predicted molar refractivity (Wildman–Crippen MR) is 75.2 cm³/mol. The van der Waals surface area contributed by atoms with E-state index in [0.717, 1.165) is 26.1 Å². The van der Waals surface area contributed by atoms with Gasteiger partial charge in [0.05, 0.1) is 12.7 Å². The Balaban J connectivity index is 1.54. The molecule has 1 aromatic rings. The molecule has 0 bridgehead atoms. The molecular formula is C16H23NO2. The van der Waals surface area contributed by atoms with E-state index in [1.165, 1.54) is 12.0 Å². The van der Waals surface area contributed by atoms with Gasteiger partial charge in [-0.3, -0.25) is 0 Å². The van der Waals surface area contributed by atoms with Crippen LogP contribution in [0.1, 0.15) is 24.3 Å². The van der Waals surface area contributed by atoms with Crippen LogP contribution in [-0.4, -0.2) is 49.0 Å². The topological polar surface area (TPSA) is 32.7 Å². The summed E-state index contributed by atoms with van der Waals surface area (Å²) in [5.41, 5.74) is 1.45. The number of aliphatic hydroxyl groups excluding tert-OH is 1. The van der Waals surface area contributed by atoms with Crippen molar-refractivity contribution in [1.29, 1.82) is 0 Å². The second-order valence-electron chi connectivity index (χ2n) is 5.85. The molecule has 0 spiro atoms. The van der Waals surface area contributed by atoms with Crippen molar-refractivity contribution >= 4 is 0 Å². The van der Waals surface area contributed by atoms with Gasteiger partial charge >= 0.3 is 0 Å². The molecule has 3 unspecified atom stereocenters. The molecule has 1 N–H and O–H groups in total. The molecule has 19 heavy (non-hydrogen) atoms. The van der Waals surface area contributed by atoms with Gasteiger partial charge in [0.15, 0.2) is 0 Å². The average molecular weight is 261 g/mol. The van der Waals surface area contributed by atoms with Crippen LogP contribution in [0.3, 0.4) is 0 Å². The van der Waals surface area contributed by atoms with E-state index in [9.17, 15) is 5.11 Å². The van der Waals surface area contributed by atoms with Crippen molar-refractivity contribution in [2.75, 3.05) is 32.8 Å². The minimum atomic E-state index is -0.176. The van der Waals surface area contributed by atoms with Crippen LogP contribution in [0.2, 0.25) is 0 Å². The van der Waals surface area contributed by atoms with Gasteiger partial charge in [0, 0.05) is 25.6 Å². The zero-order valence-electron chi connectivity index (χ0n) is 11.4. The molecule has 2 heterocycles. The second kappa shape index (κ2) is 6.04. The molecule has 0 aromatic heterocycles. The van der Waals surface area contributed by atoms with E-state index in [2.05, 4.69) is 35.2 Å². The minimum Gasteiger partial charge on any atom is -0.393 e. The van der Waals surface area contributed by atoms with E-state index in [0.29, 0.717) is 25.0 Å². The third-order valence-electron chi connectivity index (χ3n) is 4.47. The van der Waals surface area contributed by atoms with E-state index in [1.54, 1.807) is 0 Å². The maximum absolute atomic E-state index is 10.0. The molecule has 3 rings (SSSR count). The van der Waals surface area contributed by atoms with Gasteiger partial charge in [-0.25, -0.2) is 0 Å². The van der Waals surface area contributed by atoms with Crippen LogP contribution < -0.4 is 0 Å². The molecule has 0 aliphatic carbocycles. The van der Waals surface area contributed by atoms with Gasteiger partial charge in [0.2, 0.25) is 0 Å². The fraction of sp³-hybridized carbons (Fsp3) is 0.625. The lowest BCUT2D eigenvalue weighted by Gasteiger charge is -2.31. The highest BCUT2D eigenvalue weighted by molar-refractivity contribution is 5.21. The number of benzene rings is 1. The SMILES string of the molecule is OC1CCOCC1CN1CCC(c2ccccc2)C1. The first-order valence-electron chi connectivity index (χ1n) is 7.36. The number of rotatable bonds is 3. The Morgan fingerprint density at radius 2 is 2.05 bits per heavy atom. The van der Waals surface area contributed by atoms with Crippen molar-refractivity contribution in [1.82, 2.24) is 4.90 Å². The van der Waals surface area contributed by atoms with Crippen molar-refractivity contribution in [2.24, 2.45) is 5.92 Å². The largest absolute Gasteiger partial charge is 0.393 e. The molecular weight excluding hydrogens is 238 g/mol. The Labute approximate surface area is 115 Å². The summed E-state index contributed by atoms with van der Waals surface area (Å²) in [5, 5.41) is 10.0. The van der Waals surface area contributed by atoms with E-state index in [1.807, 2.05) is 0 Å². The Kier molecular flexibility index (Phi) is 4.16. The molecule has 104 valence electrons. The maximum Gasteiger partial charge on any atom is 0.0624 e. The number of hydrogen-bond donors (Lipinski definition) is 1. The molecule has 3 heteroatoms. The first-order chi connectivity index (χ1) is 9.33. The van der Waals surface area contributed by atoms with Crippen LogP contribution in [0.25, 0.3) is 0 Å². The first kappa shape index (κ1) is 13.1. The van der Waals surface area contributed by atoms with Crippen molar-refractivity contribution in [3.8, 4) is 0 Å². The van der Waals surface area contributed by atoms with Gasteiger partial charge < -0.3 is 14.7 Å². The van der Waals surface area contributed by atoms with Gasteiger partial charge in [-0.15, -0.1) is 0 Å². The van der Waals surface area contributed by atoms with Crippen molar-refractivity contribution in [2.45, 2.75) is 24.9 Å². The lowest BCUT2D eigenvalue weighted by Crippen LogP contribution is -2.40. The van der Waals surface area contributed by atoms with Crippen LogP contribution in [0.4, 0.5) is 0 Å². The molecule has 3 atom stereocenters. The zero-order chi connectivity index (χ0) is 13.1. The number of nitrogens with zero attached hydrogens (tertiary/aromatic N) is 1. The normalized spacial score (nSPS) is 32.6. The Morgan fingerprint density at radius 1 is 1.21 bits per heavy atom. The lowest BCUT2D eigenvalue weighted by molar-refractivity contribution is -0.0447. The predicted octanol–water partition coefficient (Wildman–Crippen LogP) is 1.87. The standard InChI is InChI=1S/C16H23NO2/c18-16-7-9-19-12-15(16)11-17-8-6-14(10-17)13-4-2-1-3-5-13/h1-5,14-16,18H,6-12H2. The summed E-state index contributed by atoms with van der Waals surface area (Å²) in [5.74, 6) is 0.950. The van der Waals surface area contributed by atoms with Crippen molar-refractivity contribution < 1.29 is 9.84 Å². The van der Waals surface area contributed by atoms with Crippen LogP contribution in [0, 0.1) is 5.92 Å². The lowest BCUT2D eigenvalue weighted by atomic mass is 9.97. The summed E-state index contributed by atoms with van der Waals surface area (Å²) < 4.78 is 5.49. The number of likely N-dealkylation sites (tertiary alicyclic amines) is 1. The van der Waals surface area contributed by atoms with E-state index in [4.69, 9.17) is 4.74 Å². The van der Waals surface area contributed by atoms with E-state index in [-0.39, 0.29) is 6.10 Å². The fourth-order valence-corrected chi connectivity index (χ4v) is 3.29. The van der Waals surface area contributed by atoms with Gasteiger partial charge in [-0.2, -0.15) is 0 Å². The minimum absolute atomic E-state index is 0.176. The summed E-state index contributed by atoms with van der Waals surface area (Å²) in [6.45, 7) is 4.67. The van der Waals surface area contributed by atoms with Crippen molar-refractivity contribution in [3.63, 3.8) is 0 Å². The second-order valence-corrected chi connectivity index (χ2v) is 5.85. The Bertz CT molecular complexity index is 395. The summed E-state index contributed by atoms with van der Waals surface area (Å²) in [6, 6.07) is 10.8. The fourth-order valence-electron chi connectivity index (χ4n) is 3.29. The Morgan fingerprint density at radius 3 is 2.84 bits per heavy atom. The molecule has 1 aromatic carbocycles. The number of hydrogen-bond acceptors (Lipinski definition) is 3. The van der Waals surface area contributed by atoms with Gasteiger partial charge in [0.1, 0.15) is 0 Å². The van der Waals surface area contributed by atoms with Gasteiger partial charge in [-0.1, -0.05) is 30.3 Å². The van der Waals surface area contributed by atoms with Crippen LogP contribution in [0.5, 0.6) is 0 Å². The first-order valence-corrected chi connectivity index (χ1v) is 7.36. The van der Waals surface area contributed by atoms with Crippen LogP contribution in [-0.2, 0) is 4.74 Å². The van der Waals surface area contributed by atoms with Gasteiger partial charge in [0.25, 0.3) is 0 Å². The smallest absolute Gasteiger partial charge is 0.0624 e. The molecule has 2 fully saturated rings. The summed E-state index contributed by atoms with van der Waals surface area (Å²) in [6.07, 6.45) is 1.85. The summed E-state index contributed by atoms with van der Waals surface area (Å²) >= 11 is 0. The highest BCUT2D eigenvalue weighted by atomic mass is 16.5. The van der Waals surface area contributed by atoms with E-state index >= 15 is 0 Å². The van der Waals surface area contributed by atoms with Crippen molar-refractivity contribution in [3.05, 3.63) is 35.9 Å². The third-order valence-corrected chi connectivity index (χ3v) is 4.47. The highest BCUT2D eigenvalue weighted by Crippen LogP contribution is 2.28. The van der Waals surface area contributed by atoms with Gasteiger partial charge in [-0.05, 0) is 30.9 Å². The molecule has 3 nitrogen and oxygen atoms in total. The molecule has 0 amide bonds. The highest BCUT2D eigenvalue weighted by Gasteiger charge is 2.30. The van der Waals surface area contributed by atoms with E-state index < -0.39 is 0 Å². The number of aliphatic hydroxyl groups is 1. The van der Waals surface area contributed by atoms with Crippen LogP contribution >= 0.6 is 0 Å². The third kappa shape index (κ3) is 3.16. The molecule has 0 radical (unpaired) electrons. The number of ether oxygens (including phenoxy) is 1. The summed E-state index contributed by atoms with van der Waals surface area (Å²) in [4.78, 5) is 2.49. The molecule has 2 saturated heterocycles. The molecule has 0 saturated carbocycles. The molecule has 2 aliphatic heterocycles. The van der Waals surface area contributed by atoms with Crippen LogP contribution in [0.15, 0.2) is 30.3 Å². The zero-order valence-corrected chi connectivity index (χ0v) is 11.4. The average Bonchev–Trinajstić information content (AvgIpc) is 2.91. The quantitative estimate of drug-likeness (QED) is 0.901. The maximum atomic E-state index is 10.0. The monoisotopic (exact) mass is 261 g/mol. The molecule has 2 aliphatic rings. The summed E-state index contributed by atoms with van der Waals surface area (Å²) in [7, 11) is 0.